The highest BCUT2D eigenvalue weighted by molar-refractivity contribution is 6.29. The largest absolute Gasteiger partial charge is 0.436 e. The van der Waals surface area contributed by atoms with Crippen LogP contribution in [0.4, 0.5) is 0 Å². The van der Waals surface area contributed by atoms with Gasteiger partial charge in [-0.2, -0.15) is 0 Å². The molecular weight excluding hydrogens is 587 g/mol. The Balaban J connectivity index is 1.17. The molecule has 0 aliphatic heterocycles. The van der Waals surface area contributed by atoms with E-state index in [2.05, 4.69) is 149 Å². The Morgan fingerprint density at radius 2 is 1.12 bits per heavy atom. The zero-order valence-corrected chi connectivity index (χ0v) is 25.8. The van der Waals surface area contributed by atoms with Crippen molar-refractivity contribution in [1.82, 2.24) is 14.5 Å². The van der Waals surface area contributed by atoms with Crippen LogP contribution >= 0.6 is 0 Å². The van der Waals surface area contributed by atoms with E-state index in [1.807, 2.05) is 24.3 Å². The van der Waals surface area contributed by atoms with E-state index in [-0.39, 0.29) is 0 Å². The average Bonchev–Trinajstić information content (AvgIpc) is 3.75. The number of oxazole rings is 1. The lowest BCUT2D eigenvalue weighted by Gasteiger charge is -2.13. The quantitative estimate of drug-likeness (QED) is 0.186. The number of aromatic nitrogens is 3. The molecule has 0 bridgehead atoms. The molecule has 0 unspecified atom stereocenters. The van der Waals surface area contributed by atoms with Crippen molar-refractivity contribution in [2.75, 3.05) is 0 Å². The molecule has 0 spiro atoms. The van der Waals surface area contributed by atoms with Crippen LogP contribution in [0.3, 0.4) is 0 Å². The molecule has 0 saturated carbocycles. The van der Waals surface area contributed by atoms with Crippen molar-refractivity contribution in [3.63, 3.8) is 0 Å². The lowest BCUT2D eigenvalue weighted by atomic mass is 9.96. The molecule has 48 heavy (non-hydrogen) atoms. The Kier molecular flexibility index (Phi) is 5.84. The summed E-state index contributed by atoms with van der Waals surface area (Å²) in [5.74, 6) is 0.632. The van der Waals surface area contributed by atoms with Crippen LogP contribution in [0.15, 0.2) is 168 Å². The predicted octanol–water partition coefficient (Wildman–Crippen LogP) is 11.6. The van der Waals surface area contributed by atoms with Crippen molar-refractivity contribution in [3.8, 4) is 39.5 Å². The number of fused-ring (bicyclic) bond motifs is 8. The highest BCUT2D eigenvalue weighted by Crippen LogP contribution is 2.42. The van der Waals surface area contributed by atoms with Crippen LogP contribution in [-0.4, -0.2) is 14.5 Å². The van der Waals surface area contributed by atoms with Crippen LogP contribution in [0, 0.1) is 0 Å². The van der Waals surface area contributed by atoms with Crippen molar-refractivity contribution in [1.29, 1.82) is 0 Å². The van der Waals surface area contributed by atoms with E-state index in [0.717, 1.165) is 61.0 Å². The fourth-order valence-electron chi connectivity index (χ4n) is 7.22. The lowest BCUT2D eigenvalue weighted by Crippen LogP contribution is -1.95. The van der Waals surface area contributed by atoms with Gasteiger partial charge in [0, 0.05) is 43.7 Å². The van der Waals surface area contributed by atoms with Gasteiger partial charge in [-0.1, -0.05) is 109 Å². The minimum absolute atomic E-state index is 0.632. The molecule has 0 radical (unpaired) electrons. The van der Waals surface area contributed by atoms with E-state index in [1.165, 1.54) is 27.2 Å². The Bertz CT molecular complexity index is 2790. The van der Waals surface area contributed by atoms with E-state index in [9.17, 15) is 0 Å². The molecule has 0 amide bonds. The second-order valence-electron chi connectivity index (χ2n) is 12.2. The maximum atomic E-state index is 6.02. The molecule has 0 aliphatic carbocycles. The number of rotatable bonds is 4. The molecule has 10 rings (SSSR count). The number of hydrogen-bond acceptors (Lipinski definition) is 3. The first-order valence-electron chi connectivity index (χ1n) is 16.2. The Morgan fingerprint density at radius 3 is 1.98 bits per heavy atom. The summed E-state index contributed by atoms with van der Waals surface area (Å²) in [6.07, 6.45) is 0. The molecule has 0 fully saturated rings. The summed E-state index contributed by atoms with van der Waals surface area (Å²) in [4.78, 5) is 9.87. The van der Waals surface area contributed by atoms with Gasteiger partial charge in [0.05, 0.1) is 22.2 Å². The Labute approximate surface area is 276 Å². The van der Waals surface area contributed by atoms with Crippen LogP contribution in [0.2, 0.25) is 0 Å². The number of benzene rings is 7. The highest BCUT2D eigenvalue weighted by Gasteiger charge is 2.19. The Morgan fingerprint density at radius 1 is 0.417 bits per heavy atom. The molecule has 0 atom stereocenters. The van der Waals surface area contributed by atoms with Gasteiger partial charge < -0.3 is 8.98 Å². The van der Waals surface area contributed by atoms with E-state index in [1.54, 1.807) is 0 Å². The Hall–Kier alpha value is -6.52. The second-order valence-corrected chi connectivity index (χ2v) is 12.2. The van der Waals surface area contributed by atoms with Gasteiger partial charge in [0.25, 0.3) is 0 Å². The predicted molar refractivity (Wildman–Crippen MR) is 197 cm³/mol. The molecular formula is C44H27N3O. The molecule has 10 aromatic rings. The standard InChI is InChI=1S/C44H27N3O/c1-2-11-29(12-3-1)43-35-25-26-39-42(41(35)33-15-4-6-17-36(33)45-43)34-16-5-8-19-38(34)47(39)32-14-10-13-31(27-32)28-21-23-30(24-22-28)44-46-37-18-7-9-20-40(37)48-44/h1-27H. The first-order valence-corrected chi connectivity index (χ1v) is 16.2. The van der Waals surface area contributed by atoms with Gasteiger partial charge >= 0.3 is 0 Å². The minimum atomic E-state index is 0.632. The zero-order valence-electron chi connectivity index (χ0n) is 25.8. The molecule has 4 heteroatoms. The average molecular weight is 614 g/mol. The van der Waals surface area contributed by atoms with Crippen molar-refractivity contribution >= 4 is 54.6 Å². The maximum Gasteiger partial charge on any atom is 0.227 e. The van der Waals surface area contributed by atoms with Gasteiger partial charge in [-0.05, 0) is 65.7 Å². The summed E-state index contributed by atoms with van der Waals surface area (Å²) < 4.78 is 8.42. The monoisotopic (exact) mass is 613 g/mol. The molecule has 224 valence electrons. The highest BCUT2D eigenvalue weighted by atomic mass is 16.3. The summed E-state index contributed by atoms with van der Waals surface area (Å²) >= 11 is 0. The van der Waals surface area contributed by atoms with Gasteiger partial charge in [-0.25, -0.2) is 9.97 Å². The summed E-state index contributed by atoms with van der Waals surface area (Å²) in [6, 6.07) is 57.4. The maximum absolute atomic E-state index is 6.02. The third-order valence-corrected chi connectivity index (χ3v) is 9.41. The third kappa shape index (κ3) is 4.10. The molecule has 3 aromatic heterocycles. The van der Waals surface area contributed by atoms with Crippen molar-refractivity contribution in [3.05, 3.63) is 164 Å². The molecule has 0 saturated heterocycles. The van der Waals surface area contributed by atoms with Crippen molar-refractivity contribution in [2.24, 2.45) is 0 Å². The van der Waals surface area contributed by atoms with Crippen LogP contribution in [-0.2, 0) is 0 Å². The zero-order chi connectivity index (χ0) is 31.6. The minimum Gasteiger partial charge on any atom is -0.436 e. The van der Waals surface area contributed by atoms with Crippen molar-refractivity contribution in [2.45, 2.75) is 0 Å². The summed E-state index contributed by atoms with van der Waals surface area (Å²) in [5.41, 5.74) is 11.5. The molecule has 3 heterocycles. The van der Waals surface area contributed by atoms with Crippen LogP contribution in [0.1, 0.15) is 0 Å². The third-order valence-electron chi connectivity index (χ3n) is 9.41. The number of pyridine rings is 1. The first-order chi connectivity index (χ1) is 23.8. The second kappa shape index (κ2) is 10.5. The molecule has 4 nitrogen and oxygen atoms in total. The van der Waals surface area contributed by atoms with E-state index in [0.29, 0.717) is 5.89 Å². The number of para-hydroxylation sites is 4. The molecule has 0 aliphatic rings. The number of hydrogen-bond donors (Lipinski definition) is 0. The first kappa shape index (κ1) is 26.7. The fourth-order valence-corrected chi connectivity index (χ4v) is 7.22. The van der Waals surface area contributed by atoms with Gasteiger partial charge in [-0.3, -0.25) is 0 Å². The SMILES string of the molecule is c1ccc(-c2nc3ccccc3c3c2ccc2c3c3ccccc3n2-c2cccc(-c3ccc(-c4nc5ccccc5o4)cc3)c2)cc1. The van der Waals surface area contributed by atoms with Crippen LogP contribution < -0.4 is 0 Å². The molecule has 7 aromatic carbocycles. The summed E-state index contributed by atoms with van der Waals surface area (Å²) in [5, 5.41) is 6.02. The lowest BCUT2D eigenvalue weighted by molar-refractivity contribution is 0.620. The van der Waals surface area contributed by atoms with E-state index < -0.39 is 0 Å². The van der Waals surface area contributed by atoms with Crippen molar-refractivity contribution < 1.29 is 4.42 Å². The van der Waals surface area contributed by atoms with Gasteiger partial charge in [0.15, 0.2) is 5.58 Å². The topological polar surface area (TPSA) is 43.9 Å². The summed E-state index contributed by atoms with van der Waals surface area (Å²) in [6.45, 7) is 0. The number of nitrogens with zero attached hydrogens (tertiary/aromatic N) is 3. The van der Waals surface area contributed by atoms with E-state index in [4.69, 9.17) is 9.40 Å². The normalized spacial score (nSPS) is 11.8. The molecule has 0 N–H and O–H groups in total. The van der Waals surface area contributed by atoms with E-state index >= 15 is 0 Å². The van der Waals surface area contributed by atoms with Gasteiger partial charge in [0.2, 0.25) is 5.89 Å². The van der Waals surface area contributed by atoms with Gasteiger partial charge in [-0.15, -0.1) is 0 Å². The van der Waals surface area contributed by atoms with Crippen LogP contribution in [0.5, 0.6) is 0 Å². The summed E-state index contributed by atoms with van der Waals surface area (Å²) in [7, 11) is 0. The smallest absolute Gasteiger partial charge is 0.227 e. The van der Waals surface area contributed by atoms with Gasteiger partial charge in [0.1, 0.15) is 5.52 Å². The fraction of sp³-hybridized carbons (Fsp3) is 0. The van der Waals surface area contributed by atoms with Crippen LogP contribution in [0.25, 0.3) is 94.1 Å².